The van der Waals surface area contributed by atoms with Gasteiger partial charge < -0.3 is 9.13 Å². The zero-order chi connectivity index (χ0) is 20.5. The molecule has 2 nitrogen and oxygen atoms in total. The maximum absolute atomic E-state index is 2.23. The van der Waals surface area contributed by atoms with E-state index in [1.54, 1.807) is 0 Å². The van der Waals surface area contributed by atoms with Crippen molar-refractivity contribution in [1.82, 2.24) is 9.13 Å². The lowest BCUT2D eigenvalue weighted by Crippen LogP contribution is -1.89. The Labute approximate surface area is 177 Å². The van der Waals surface area contributed by atoms with Crippen LogP contribution in [0.15, 0.2) is 84.9 Å². The number of hydrogen-bond acceptors (Lipinski definition) is 0. The molecule has 3 aromatic carbocycles. The van der Waals surface area contributed by atoms with Gasteiger partial charge in [0.25, 0.3) is 0 Å². The second-order valence-corrected chi connectivity index (χ2v) is 7.71. The molecule has 0 atom stereocenters. The van der Waals surface area contributed by atoms with Crippen molar-refractivity contribution < 1.29 is 0 Å². The van der Waals surface area contributed by atoms with Gasteiger partial charge in [-0.3, -0.25) is 0 Å². The topological polar surface area (TPSA) is 9.86 Å². The zero-order valence-corrected chi connectivity index (χ0v) is 17.3. The van der Waals surface area contributed by atoms with Gasteiger partial charge in [0.05, 0.1) is 0 Å². The van der Waals surface area contributed by atoms with E-state index in [-0.39, 0.29) is 0 Å². The highest BCUT2D eigenvalue weighted by Crippen LogP contribution is 2.22. The van der Waals surface area contributed by atoms with Crippen LogP contribution in [-0.2, 0) is 14.1 Å². The monoisotopic (exact) mass is 388 g/mol. The normalized spacial score (nSPS) is 12.1. The van der Waals surface area contributed by atoms with E-state index in [4.69, 9.17) is 0 Å². The number of fused-ring (bicyclic) bond motifs is 2. The standard InChI is InChI=1S/C28H24N2/c1-29-25(19-23-7-3-5-9-27(23)29)17-15-21-11-13-22(14-12-21)16-18-26-20-24-8-4-6-10-28(24)30(26)2/h3-20H,1-2H3/b17-15+,18-16+. The Bertz CT molecular complexity index is 1280. The molecule has 5 aromatic rings. The molecule has 146 valence electrons. The minimum Gasteiger partial charge on any atom is -0.344 e. The number of nitrogens with zero attached hydrogens (tertiary/aromatic N) is 2. The summed E-state index contributed by atoms with van der Waals surface area (Å²) in [6.07, 6.45) is 8.71. The van der Waals surface area contributed by atoms with Crippen LogP contribution >= 0.6 is 0 Å². The molecule has 0 saturated carbocycles. The van der Waals surface area contributed by atoms with Crippen LogP contribution in [0.25, 0.3) is 46.1 Å². The molecule has 2 aromatic heterocycles. The SMILES string of the molecule is Cn1c(/C=C/c2ccc(/C=C/c3cc4ccccc4n3C)cc2)cc2ccccc21. The van der Waals surface area contributed by atoms with Gasteiger partial charge in [-0.1, -0.05) is 72.8 Å². The Balaban J connectivity index is 1.34. The summed E-state index contributed by atoms with van der Waals surface area (Å²) in [6, 6.07) is 30.1. The van der Waals surface area contributed by atoms with Crippen LogP contribution in [0.3, 0.4) is 0 Å². The highest BCUT2D eigenvalue weighted by atomic mass is 14.9. The molecular formula is C28H24N2. The molecule has 0 aliphatic rings. The first-order chi connectivity index (χ1) is 14.7. The van der Waals surface area contributed by atoms with Crippen molar-refractivity contribution in [3.05, 3.63) is 107 Å². The van der Waals surface area contributed by atoms with E-state index in [1.165, 1.54) is 44.3 Å². The number of benzene rings is 3. The van der Waals surface area contributed by atoms with Gasteiger partial charge in [0, 0.05) is 47.3 Å². The van der Waals surface area contributed by atoms with Crippen molar-refractivity contribution in [2.75, 3.05) is 0 Å². The average Bonchev–Trinajstić information content (AvgIpc) is 3.28. The van der Waals surface area contributed by atoms with Crippen LogP contribution in [0.2, 0.25) is 0 Å². The molecule has 2 heteroatoms. The average molecular weight is 389 g/mol. The second kappa shape index (κ2) is 7.57. The smallest absolute Gasteiger partial charge is 0.0482 e. The lowest BCUT2D eigenvalue weighted by molar-refractivity contribution is 0.955. The highest BCUT2D eigenvalue weighted by Gasteiger charge is 2.03. The van der Waals surface area contributed by atoms with Crippen molar-refractivity contribution in [3.8, 4) is 0 Å². The van der Waals surface area contributed by atoms with Crippen LogP contribution in [-0.4, -0.2) is 9.13 Å². The molecule has 0 spiro atoms. The van der Waals surface area contributed by atoms with Crippen LogP contribution in [0.4, 0.5) is 0 Å². The van der Waals surface area contributed by atoms with E-state index in [2.05, 4.69) is 132 Å². The van der Waals surface area contributed by atoms with Crippen molar-refractivity contribution in [3.63, 3.8) is 0 Å². The van der Waals surface area contributed by atoms with Crippen molar-refractivity contribution in [2.24, 2.45) is 14.1 Å². The van der Waals surface area contributed by atoms with Gasteiger partial charge in [-0.05, 0) is 47.5 Å². The molecular weight excluding hydrogens is 364 g/mol. The molecule has 5 rings (SSSR count). The van der Waals surface area contributed by atoms with Crippen molar-refractivity contribution in [1.29, 1.82) is 0 Å². The number of para-hydroxylation sites is 2. The molecule has 0 bridgehead atoms. The van der Waals surface area contributed by atoms with Gasteiger partial charge in [-0.2, -0.15) is 0 Å². The Hall–Kier alpha value is -3.78. The largest absolute Gasteiger partial charge is 0.344 e. The quantitative estimate of drug-likeness (QED) is 0.313. The third kappa shape index (κ3) is 3.37. The molecule has 0 aliphatic carbocycles. The van der Waals surface area contributed by atoms with Gasteiger partial charge >= 0.3 is 0 Å². The number of aromatic nitrogens is 2. The van der Waals surface area contributed by atoms with E-state index < -0.39 is 0 Å². The molecule has 2 heterocycles. The number of rotatable bonds is 4. The maximum atomic E-state index is 2.23. The Morgan fingerprint density at radius 2 is 0.900 bits per heavy atom. The summed E-state index contributed by atoms with van der Waals surface area (Å²) in [5.41, 5.74) is 7.31. The second-order valence-electron chi connectivity index (χ2n) is 7.71. The fourth-order valence-electron chi connectivity index (χ4n) is 4.02. The maximum Gasteiger partial charge on any atom is 0.0482 e. The van der Waals surface area contributed by atoms with Gasteiger partial charge in [-0.15, -0.1) is 0 Å². The number of hydrogen-bond donors (Lipinski definition) is 0. The van der Waals surface area contributed by atoms with Crippen LogP contribution in [0, 0.1) is 0 Å². The highest BCUT2D eigenvalue weighted by molar-refractivity contribution is 5.86. The predicted molar refractivity (Wildman–Crippen MR) is 130 cm³/mol. The Kier molecular flexibility index (Phi) is 4.61. The van der Waals surface area contributed by atoms with E-state index in [9.17, 15) is 0 Å². The van der Waals surface area contributed by atoms with Gasteiger partial charge in [0.15, 0.2) is 0 Å². The summed E-state index contributed by atoms with van der Waals surface area (Å²) in [5, 5.41) is 2.54. The van der Waals surface area contributed by atoms with Crippen LogP contribution < -0.4 is 0 Å². The third-order valence-corrected chi connectivity index (χ3v) is 5.81. The Morgan fingerprint density at radius 1 is 0.500 bits per heavy atom. The number of aryl methyl sites for hydroxylation is 2. The summed E-state index contributed by atoms with van der Waals surface area (Å²) in [6.45, 7) is 0. The first kappa shape index (κ1) is 18.3. The zero-order valence-electron chi connectivity index (χ0n) is 17.3. The van der Waals surface area contributed by atoms with E-state index in [0.29, 0.717) is 0 Å². The third-order valence-electron chi connectivity index (χ3n) is 5.81. The van der Waals surface area contributed by atoms with E-state index >= 15 is 0 Å². The molecule has 0 aliphatic heterocycles. The molecule has 0 fully saturated rings. The summed E-state index contributed by atoms with van der Waals surface area (Å²) in [5.74, 6) is 0. The van der Waals surface area contributed by atoms with E-state index in [1.807, 2.05) is 0 Å². The molecule has 0 amide bonds. The summed E-state index contributed by atoms with van der Waals surface area (Å²) >= 11 is 0. The van der Waals surface area contributed by atoms with Crippen molar-refractivity contribution >= 4 is 46.1 Å². The lowest BCUT2D eigenvalue weighted by atomic mass is 10.1. The molecule has 30 heavy (non-hydrogen) atoms. The van der Waals surface area contributed by atoms with Gasteiger partial charge in [0.1, 0.15) is 0 Å². The molecule has 0 N–H and O–H groups in total. The van der Waals surface area contributed by atoms with E-state index in [0.717, 1.165) is 0 Å². The first-order valence-corrected chi connectivity index (χ1v) is 10.2. The minimum atomic E-state index is 1.20. The molecule has 0 saturated heterocycles. The predicted octanol–water partition coefficient (Wildman–Crippen LogP) is 7.01. The minimum absolute atomic E-state index is 1.20. The van der Waals surface area contributed by atoms with Gasteiger partial charge in [-0.25, -0.2) is 0 Å². The fourth-order valence-corrected chi connectivity index (χ4v) is 4.02. The van der Waals surface area contributed by atoms with Crippen LogP contribution in [0.1, 0.15) is 22.5 Å². The molecule has 0 radical (unpaired) electrons. The molecule has 0 unspecified atom stereocenters. The summed E-state index contributed by atoms with van der Waals surface area (Å²) < 4.78 is 4.46. The van der Waals surface area contributed by atoms with Gasteiger partial charge in [0.2, 0.25) is 0 Å². The van der Waals surface area contributed by atoms with Crippen molar-refractivity contribution in [2.45, 2.75) is 0 Å². The Morgan fingerprint density at radius 3 is 1.30 bits per heavy atom. The summed E-state index contributed by atoms with van der Waals surface area (Å²) in [4.78, 5) is 0. The first-order valence-electron chi connectivity index (χ1n) is 10.2. The summed E-state index contributed by atoms with van der Waals surface area (Å²) in [7, 11) is 4.23. The van der Waals surface area contributed by atoms with Crippen LogP contribution in [0.5, 0.6) is 0 Å². The fraction of sp³-hybridized carbons (Fsp3) is 0.0714. The lowest BCUT2D eigenvalue weighted by Gasteiger charge is -2.00.